The number of methoxy groups -OCH3 is 1. The minimum atomic E-state index is -2.97. The lowest BCUT2D eigenvalue weighted by atomic mass is 9.90. The van der Waals surface area contributed by atoms with Crippen LogP contribution in [0.25, 0.3) is 0 Å². The Hall–Kier alpha value is -1.02. The number of benzene rings is 1. The maximum atomic E-state index is 11.8. The first kappa shape index (κ1) is 19.7. The monoisotopic (exact) mass is 403 g/mol. The highest BCUT2D eigenvalue weighted by molar-refractivity contribution is 7.91. The van der Waals surface area contributed by atoms with Gasteiger partial charge in [-0.1, -0.05) is 11.6 Å². The second kappa shape index (κ2) is 7.92. The zero-order chi connectivity index (χ0) is 18.8. The van der Waals surface area contributed by atoms with Gasteiger partial charge in [0, 0.05) is 19.2 Å². The van der Waals surface area contributed by atoms with Gasteiger partial charge < -0.3 is 19.5 Å². The Bertz CT molecular complexity index is 754. The van der Waals surface area contributed by atoms with Crippen LogP contribution in [0, 0.1) is 0 Å². The van der Waals surface area contributed by atoms with Gasteiger partial charge in [-0.3, -0.25) is 0 Å². The molecule has 8 heteroatoms. The van der Waals surface area contributed by atoms with Crippen LogP contribution in [-0.2, 0) is 21.1 Å². The van der Waals surface area contributed by atoms with Crippen LogP contribution in [-0.4, -0.2) is 51.9 Å². The molecule has 6 nitrogen and oxygen atoms in total. The minimum absolute atomic E-state index is 0.140. The summed E-state index contributed by atoms with van der Waals surface area (Å²) in [5.74, 6) is 1.54. The van der Waals surface area contributed by atoms with Crippen molar-refractivity contribution in [3.8, 4) is 11.5 Å². The van der Waals surface area contributed by atoms with Gasteiger partial charge in [-0.25, -0.2) is 8.42 Å². The largest absolute Gasteiger partial charge is 0.491 e. The predicted molar refractivity (Wildman–Crippen MR) is 101 cm³/mol. The molecule has 0 saturated carbocycles. The molecule has 2 aliphatic rings. The van der Waals surface area contributed by atoms with Gasteiger partial charge in [0.2, 0.25) is 0 Å². The second-order valence-electron chi connectivity index (χ2n) is 6.99. The van der Waals surface area contributed by atoms with Crippen molar-refractivity contribution in [3.05, 3.63) is 22.7 Å². The third-order valence-corrected chi connectivity index (χ3v) is 7.09. The molecule has 26 heavy (non-hydrogen) atoms. The van der Waals surface area contributed by atoms with E-state index in [1.165, 1.54) is 0 Å². The van der Waals surface area contributed by atoms with E-state index in [-0.39, 0.29) is 17.5 Å². The molecule has 2 atom stereocenters. The Balaban J connectivity index is 1.65. The van der Waals surface area contributed by atoms with Gasteiger partial charge in [0.05, 0.1) is 35.8 Å². The Morgan fingerprint density at radius 1 is 1.42 bits per heavy atom. The Morgan fingerprint density at radius 3 is 2.88 bits per heavy atom. The summed E-state index contributed by atoms with van der Waals surface area (Å²) in [6, 6.07) is 4.01. The fourth-order valence-electron chi connectivity index (χ4n) is 3.81. The predicted octanol–water partition coefficient (Wildman–Crippen LogP) is 2.57. The van der Waals surface area contributed by atoms with Crippen molar-refractivity contribution in [2.75, 3.05) is 31.8 Å². The van der Waals surface area contributed by atoms with Gasteiger partial charge >= 0.3 is 0 Å². The first-order valence-electron chi connectivity index (χ1n) is 8.93. The molecule has 1 aromatic carbocycles. The van der Waals surface area contributed by atoms with Gasteiger partial charge in [-0.05, 0) is 43.9 Å². The molecule has 0 bridgehead atoms. The van der Waals surface area contributed by atoms with Crippen molar-refractivity contribution < 1.29 is 22.6 Å². The standard InChI is InChI=1S/C18H26ClNO5S/c1-3-24-16-9-13(8-15(19)17(16)23-2)11-20-14-4-6-25-18(10-14)5-7-26(21,22)12-18/h8-9,14,20H,3-7,10-12H2,1-2H3/t14-,18+/m1/s1. The topological polar surface area (TPSA) is 73.9 Å². The van der Waals surface area contributed by atoms with Gasteiger partial charge in [0.25, 0.3) is 0 Å². The number of sulfone groups is 1. The zero-order valence-corrected chi connectivity index (χ0v) is 16.8. The maximum Gasteiger partial charge on any atom is 0.179 e. The molecular weight excluding hydrogens is 378 g/mol. The number of nitrogens with one attached hydrogen (secondary N) is 1. The summed E-state index contributed by atoms with van der Waals surface area (Å²) < 4.78 is 40.5. The number of halogens is 1. The molecule has 2 aliphatic heterocycles. The molecule has 1 aromatic rings. The Morgan fingerprint density at radius 2 is 2.23 bits per heavy atom. The van der Waals surface area contributed by atoms with E-state index in [9.17, 15) is 8.42 Å². The molecule has 1 spiro atoms. The summed E-state index contributed by atoms with van der Waals surface area (Å²) in [7, 11) is -1.40. The maximum absolute atomic E-state index is 11.8. The van der Waals surface area contributed by atoms with Crippen LogP contribution in [0.5, 0.6) is 11.5 Å². The van der Waals surface area contributed by atoms with Crippen LogP contribution in [0.4, 0.5) is 0 Å². The molecular formula is C18H26ClNO5S. The fourth-order valence-corrected chi connectivity index (χ4v) is 6.09. The molecule has 0 radical (unpaired) electrons. The smallest absolute Gasteiger partial charge is 0.179 e. The van der Waals surface area contributed by atoms with Crippen molar-refractivity contribution in [2.45, 2.75) is 44.4 Å². The number of ether oxygens (including phenoxy) is 3. The summed E-state index contributed by atoms with van der Waals surface area (Å²) in [5, 5.41) is 4.04. The zero-order valence-electron chi connectivity index (χ0n) is 15.2. The molecule has 2 fully saturated rings. The van der Waals surface area contributed by atoms with Crippen molar-refractivity contribution in [2.24, 2.45) is 0 Å². The summed E-state index contributed by atoms with van der Waals surface area (Å²) in [4.78, 5) is 0. The van der Waals surface area contributed by atoms with Crippen molar-refractivity contribution in [1.29, 1.82) is 0 Å². The minimum Gasteiger partial charge on any atom is -0.491 e. The summed E-state index contributed by atoms with van der Waals surface area (Å²) >= 11 is 6.30. The van der Waals surface area contributed by atoms with E-state index in [1.54, 1.807) is 7.11 Å². The Kier molecular flexibility index (Phi) is 6.01. The fraction of sp³-hybridized carbons (Fsp3) is 0.667. The Labute approximate surface area is 160 Å². The van der Waals surface area contributed by atoms with Crippen LogP contribution < -0.4 is 14.8 Å². The first-order chi connectivity index (χ1) is 12.4. The number of hydrogen-bond acceptors (Lipinski definition) is 6. The molecule has 3 rings (SSSR count). The van der Waals surface area contributed by atoms with Crippen molar-refractivity contribution in [1.82, 2.24) is 5.32 Å². The number of hydrogen-bond donors (Lipinski definition) is 1. The van der Waals surface area contributed by atoms with Crippen LogP contribution in [0.1, 0.15) is 31.7 Å². The normalized spacial score (nSPS) is 27.6. The van der Waals surface area contributed by atoms with E-state index in [0.29, 0.717) is 49.1 Å². The second-order valence-corrected chi connectivity index (χ2v) is 9.58. The van der Waals surface area contributed by atoms with E-state index in [1.807, 2.05) is 19.1 Å². The summed E-state index contributed by atoms with van der Waals surface area (Å²) in [6.45, 7) is 3.65. The van der Waals surface area contributed by atoms with Gasteiger partial charge in [-0.15, -0.1) is 0 Å². The van der Waals surface area contributed by atoms with E-state index in [2.05, 4.69) is 5.32 Å². The average molecular weight is 404 g/mol. The van der Waals surface area contributed by atoms with Crippen LogP contribution in [0.3, 0.4) is 0 Å². The molecule has 2 heterocycles. The van der Waals surface area contributed by atoms with Crippen molar-refractivity contribution >= 4 is 21.4 Å². The third-order valence-electron chi connectivity index (χ3n) is 5.01. The molecule has 1 N–H and O–H groups in total. The summed E-state index contributed by atoms with van der Waals surface area (Å²) in [5.41, 5.74) is 0.488. The highest BCUT2D eigenvalue weighted by Crippen LogP contribution is 2.37. The highest BCUT2D eigenvalue weighted by Gasteiger charge is 2.46. The van der Waals surface area contributed by atoms with Gasteiger partial charge in [-0.2, -0.15) is 0 Å². The lowest BCUT2D eigenvalue weighted by molar-refractivity contribution is -0.0705. The van der Waals surface area contributed by atoms with E-state index < -0.39 is 15.4 Å². The average Bonchev–Trinajstić information content (AvgIpc) is 2.87. The summed E-state index contributed by atoms with van der Waals surface area (Å²) in [6.07, 6.45) is 2.18. The van der Waals surface area contributed by atoms with Crippen molar-refractivity contribution in [3.63, 3.8) is 0 Å². The molecule has 2 saturated heterocycles. The van der Waals surface area contributed by atoms with E-state index in [0.717, 1.165) is 12.0 Å². The number of rotatable bonds is 6. The van der Waals surface area contributed by atoms with E-state index >= 15 is 0 Å². The van der Waals surface area contributed by atoms with Crippen LogP contribution >= 0.6 is 11.6 Å². The van der Waals surface area contributed by atoms with Crippen LogP contribution in [0.2, 0.25) is 5.02 Å². The third kappa shape index (κ3) is 4.44. The molecule has 0 amide bonds. The molecule has 0 aromatic heterocycles. The van der Waals surface area contributed by atoms with E-state index in [4.69, 9.17) is 25.8 Å². The van der Waals surface area contributed by atoms with Gasteiger partial charge in [0.1, 0.15) is 0 Å². The molecule has 146 valence electrons. The van der Waals surface area contributed by atoms with Gasteiger partial charge in [0.15, 0.2) is 21.3 Å². The lowest BCUT2D eigenvalue weighted by Gasteiger charge is -2.37. The molecule has 0 aliphatic carbocycles. The van der Waals surface area contributed by atoms with Crippen LogP contribution in [0.15, 0.2) is 12.1 Å². The SMILES string of the molecule is CCOc1cc(CN[C@@H]2CCO[C@@]3(CCS(=O)(=O)C3)C2)cc(Cl)c1OC. The molecule has 0 unspecified atom stereocenters. The quantitative estimate of drug-likeness (QED) is 0.786. The lowest BCUT2D eigenvalue weighted by Crippen LogP contribution is -2.47. The highest BCUT2D eigenvalue weighted by atomic mass is 35.5. The first-order valence-corrected chi connectivity index (χ1v) is 11.1.